The Kier molecular flexibility index (Phi) is 2.37. The Morgan fingerprint density at radius 3 is 2.80 bits per heavy atom. The van der Waals surface area contributed by atoms with Crippen LogP contribution in [0.1, 0.15) is 21.6 Å². The normalized spacial score (nSPS) is 10.3. The summed E-state index contributed by atoms with van der Waals surface area (Å²) >= 11 is 0. The number of benzene rings is 1. The van der Waals surface area contributed by atoms with Gasteiger partial charge in [-0.1, -0.05) is 6.07 Å². The molecule has 1 aromatic heterocycles. The standard InChI is InChI=1S/C12H10FNO/c1-8-4-5-9(13)7-10(8)12(15)11-3-2-6-14-11/h2-7,14H,1H3. The number of aryl methyl sites for hydroxylation is 1. The number of ketones is 1. The fraction of sp³-hybridized carbons (Fsp3) is 0.0833. The number of carbonyl (C=O) groups is 1. The summed E-state index contributed by atoms with van der Waals surface area (Å²) in [6.45, 7) is 1.79. The number of carbonyl (C=O) groups excluding carboxylic acids is 1. The predicted octanol–water partition coefficient (Wildman–Crippen LogP) is 2.69. The number of rotatable bonds is 2. The van der Waals surface area contributed by atoms with Gasteiger partial charge in [0.15, 0.2) is 0 Å². The molecule has 1 N–H and O–H groups in total. The average Bonchev–Trinajstić information content (AvgIpc) is 2.74. The molecule has 15 heavy (non-hydrogen) atoms. The van der Waals surface area contributed by atoms with E-state index in [9.17, 15) is 9.18 Å². The Hall–Kier alpha value is -1.90. The van der Waals surface area contributed by atoms with Gasteiger partial charge in [0.05, 0.1) is 5.69 Å². The molecule has 0 saturated heterocycles. The molecule has 0 aliphatic rings. The Morgan fingerprint density at radius 1 is 1.33 bits per heavy atom. The number of hydrogen-bond acceptors (Lipinski definition) is 1. The van der Waals surface area contributed by atoms with E-state index in [4.69, 9.17) is 0 Å². The van der Waals surface area contributed by atoms with E-state index in [0.717, 1.165) is 5.56 Å². The highest BCUT2D eigenvalue weighted by Crippen LogP contribution is 2.14. The zero-order valence-electron chi connectivity index (χ0n) is 8.25. The Labute approximate surface area is 86.8 Å². The summed E-state index contributed by atoms with van der Waals surface area (Å²) in [5.74, 6) is -0.576. The molecule has 2 rings (SSSR count). The molecule has 0 radical (unpaired) electrons. The van der Waals surface area contributed by atoms with Crippen LogP contribution in [-0.2, 0) is 0 Å². The minimum atomic E-state index is -0.393. The first-order chi connectivity index (χ1) is 7.18. The zero-order chi connectivity index (χ0) is 10.8. The monoisotopic (exact) mass is 203 g/mol. The second-order valence-corrected chi connectivity index (χ2v) is 3.37. The molecular weight excluding hydrogens is 193 g/mol. The van der Waals surface area contributed by atoms with Crippen molar-refractivity contribution in [1.82, 2.24) is 4.98 Å². The number of H-pyrrole nitrogens is 1. The molecule has 0 saturated carbocycles. The summed E-state index contributed by atoms with van der Waals surface area (Å²) in [7, 11) is 0. The van der Waals surface area contributed by atoms with E-state index >= 15 is 0 Å². The molecule has 0 spiro atoms. The Bertz CT molecular complexity index is 488. The molecule has 0 atom stereocenters. The average molecular weight is 203 g/mol. The molecular formula is C12H10FNO. The van der Waals surface area contributed by atoms with E-state index in [0.29, 0.717) is 11.3 Å². The molecule has 0 fully saturated rings. The van der Waals surface area contributed by atoms with Crippen LogP contribution in [0.5, 0.6) is 0 Å². The molecule has 76 valence electrons. The van der Waals surface area contributed by atoms with E-state index in [1.54, 1.807) is 31.3 Å². The lowest BCUT2D eigenvalue weighted by Crippen LogP contribution is -2.04. The van der Waals surface area contributed by atoms with Crippen LogP contribution in [0.25, 0.3) is 0 Å². The summed E-state index contributed by atoms with van der Waals surface area (Å²) < 4.78 is 13.0. The summed E-state index contributed by atoms with van der Waals surface area (Å²) in [6.07, 6.45) is 1.67. The molecule has 3 heteroatoms. The maximum atomic E-state index is 13.0. The van der Waals surface area contributed by atoms with Crippen molar-refractivity contribution in [3.8, 4) is 0 Å². The van der Waals surface area contributed by atoms with Gasteiger partial charge in [0.2, 0.25) is 5.78 Å². The number of hydrogen-bond donors (Lipinski definition) is 1. The topological polar surface area (TPSA) is 32.9 Å². The largest absolute Gasteiger partial charge is 0.359 e. The number of aromatic nitrogens is 1. The van der Waals surface area contributed by atoms with Gasteiger partial charge in [-0.3, -0.25) is 4.79 Å². The molecule has 0 aliphatic carbocycles. The lowest BCUT2D eigenvalue weighted by Gasteiger charge is -2.03. The predicted molar refractivity (Wildman–Crippen MR) is 55.4 cm³/mol. The SMILES string of the molecule is Cc1ccc(F)cc1C(=O)c1ccc[nH]1. The van der Waals surface area contributed by atoms with E-state index in [2.05, 4.69) is 4.98 Å². The van der Waals surface area contributed by atoms with Gasteiger partial charge in [-0.2, -0.15) is 0 Å². The van der Waals surface area contributed by atoms with Crippen molar-refractivity contribution < 1.29 is 9.18 Å². The summed E-state index contributed by atoms with van der Waals surface area (Å²) in [5.41, 5.74) is 1.65. The molecule has 0 amide bonds. The third-order valence-corrected chi connectivity index (χ3v) is 2.29. The van der Waals surface area contributed by atoms with Crippen molar-refractivity contribution in [2.24, 2.45) is 0 Å². The summed E-state index contributed by atoms with van der Waals surface area (Å²) in [4.78, 5) is 14.7. The van der Waals surface area contributed by atoms with E-state index in [1.165, 1.54) is 12.1 Å². The minimum absolute atomic E-state index is 0.183. The van der Waals surface area contributed by atoms with Gasteiger partial charge >= 0.3 is 0 Å². The van der Waals surface area contributed by atoms with Crippen LogP contribution < -0.4 is 0 Å². The van der Waals surface area contributed by atoms with Gasteiger partial charge in [0, 0.05) is 11.8 Å². The van der Waals surface area contributed by atoms with Gasteiger partial charge in [0.25, 0.3) is 0 Å². The maximum absolute atomic E-state index is 13.0. The molecule has 1 heterocycles. The fourth-order valence-electron chi connectivity index (χ4n) is 1.46. The van der Waals surface area contributed by atoms with Crippen LogP contribution in [0, 0.1) is 12.7 Å². The summed E-state index contributed by atoms with van der Waals surface area (Å²) in [6, 6.07) is 7.62. The fourth-order valence-corrected chi connectivity index (χ4v) is 1.46. The van der Waals surface area contributed by atoms with Gasteiger partial charge in [-0.15, -0.1) is 0 Å². The van der Waals surface area contributed by atoms with E-state index in [1.807, 2.05) is 0 Å². The van der Waals surface area contributed by atoms with Gasteiger partial charge in [-0.25, -0.2) is 4.39 Å². The first-order valence-electron chi connectivity index (χ1n) is 4.63. The zero-order valence-corrected chi connectivity index (χ0v) is 8.25. The lowest BCUT2D eigenvalue weighted by molar-refractivity contribution is 0.103. The summed E-state index contributed by atoms with van der Waals surface area (Å²) in [5, 5.41) is 0. The first-order valence-corrected chi connectivity index (χ1v) is 4.63. The van der Waals surface area contributed by atoms with Gasteiger partial charge < -0.3 is 4.98 Å². The van der Waals surface area contributed by atoms with Crippen molar-refractivity contribution in [3.05, 3.63) is 59.2 Å². The Balaban J connectivity index is 2.46. The van der Waals surface area contributed by atoms with Crippen LogP contribution in [0.15, 0.2) is 36.5 Å². The molecule has 0 aliphatic heterocycles. The lowest BCUT2D eigenvalue weighted by atomic mass is 10.0. The Morgan fingerprint density at radius 2 is 2.13 bits per heavy atom. The quantitative estimate of drug-likeness (QED) is 0.748. The smallest absolute Gasteiger partial charge is 0.209 e. The van der Waals surface area contributed by atoms with Crippen molar-refractivity contribution in [2.75, 3.05) is 0 Å². The molecule has 0 unspecified atom stereocenters. The van der Waals surface area contributed by atoms with E-state index < -0.39 is 5.82 Å². The molecule has 2 nitrogen and oxygen atoms in total. The van der Waals surface area contributed by atoms with Crippen LogP contribution in [0.4, 0.5) is 4.39 Å². The highest BCUT2D eigenvalue weighted by Gasteiger charge is 2.12. The van der Waals surface area contributed by atoms with Crippen LogP contribution >= 0.6 is 0 Å². The van der Waals surface area contributed by atoms with E-state index in [-0.39, 0.29) is 5.78 Å². The van der Waals surface area contributed by atoms with Gasteiger partial charge in [-0.05, 0) is 36.8 Å². The second-order valence-electron chi connectivity index (χ2n) is 3.37. The maximum Gasteiger partial charge on any atom is 0.209 e. The highest BCUT2D eigenvalue weighted by atomic mass is 19.1. The highest BCUT2D eigenvalue weighted by molar-refractivity contribution is 6.08. The third-order valence-electron chi connectivity index (χ3n) is 2.29. The first kappa shape index (κ1) is 9.65. The number of nitrogens with one attached hydrogen (secondary N) is 1. The minimum Gasteiger partial charge on any atom is -0.359 e. The van der Waals surface area contributed by atoms with Crippen LogP contribution in [0.2, 0.25) is 0 Å². The van der Waals surface area contributed by atoms with Gasteiger partial charge in [0.1, 0.15) is 5.82 Å². The van der Waals surface area contributed by atoms with Crippen LogP contribution in [0.3, 0.4) is 0 Å². The molecule has 0 bridgehead atoms. The van der Waals surface area contributed by atoms with Crippen LogP contribution in [-0.4, -0.2) is 10.8 Å². The molecule has 1 aromatic carbocycles. The van der Waals surface area contributed by atoms with Crippen molar-refractivity contribution >= 4 is 5.78 Å². The van der Waals surface area contributed by atoms with Crippen molar-refractivity contribution in [3.63, 3.8) is 0 Å². The van der Waals surface area contributed by atoms with Crippen molar-refractivity contribution in [1.29, 1.82) is 0 Å². The third kappa shape index (κ3) is 1.81. The number of halogens is 1. The number of aromatic amines is 1. The second kappa shape index (κ2) is 3.69. The molecule has 2 aromatic rings. The van der Waals surface area contributed by atoms with Crippen molar-refractivity contribution in [2.45, 2.75) is 6.92 Å².